The first-order chi connectivity index (χ1) is 16.5. The van der Waals surface area contributed by atoms with Crippen molar-refractivity contribution in [3.63, 3.8) is 0 Å². The van der Waals surface area contributed by atoms with Gasteiger partial charge in [0.05, 0.1) is 4.90 Å². The van der Waals surface area contributed by atoms with E-state index in [1.54, 1.807) is 28.6 Å². The van der Waals surface area contributed by atoms with Crippen LogP contribution in [0.15, 0.2) is 83.8 Å². The molecule has 0 N–H and O–H groups in total. The number of benzene rings is 3. The first-order valence-corrected chi connectivity index (χ1v) is 13.2. The predicted molar refractivity (Wildman–Crippen MR) is 132 cm³/mol. The molecule has 2 aliphatic heterocycles. The van der Waals surface area contributed by atoms with Crippen molar-refractivity contribution in [1.29, 1.82) is 0 Å². The molecule has 0 aromatic heterocycles. The summed E-state index contributed by atoms with van der Waals surface area (Å²) in [4.78, 5) is 17.4. The minimum atomic E-state index is -3.58. The average molecular weight is 476 g/mol. The van der Waals surface area contributed by atoms with Gasteiger partial charge in [0, 0.05) is 51.4 Å². The third-order valence-electron chi connectivity index (χ3n) is 6.74. The molecule has 0 bridgehead atoms. The van der Waals surface area contributed by atoms with Crippen molar-refractivity contribution in [3.05, 3.63) is 101 Å². The summed E-state index contributed by atoms with van der Waals surface area (Å²) in [5.74, 6) is -0.0621. The van der Waals surface area contributed by atoms with Crippen LogP contribution in [0, 0.1) is 0 Å². The molecule has 0 spiro atoms. The standard InChI is InChI=1S/C27H29N3O3S/c31-27(29-15-14-23-8-4-5-9-25(23)21-29)24-10-12-26(13-11-24)34(32,33)30-18-16-28(17-19-30)20-22-6-2-1-3-7-22/h1-13H,14-21H2. The van der Waals surface area contributed by atoms with Crippen LogP contribution in [0.3, 0.4) is 0 Å². The van der Waals surface area contributed by atoms with Crippen LogP contribution in [0.2, 0.25) is 0 Å². The number of hydrogen-bond acceptors (Lipinski definition) is 4. The van der Waals surface area contributed by atoms with Crippen molar-refractivity contribution < 1.29 is 13.2 Å². The van der Waals surface area contributed by atoms with Crippen LogP contribution in [-0.2, 0) is 29.5 Å². The molecule has 2 heterocycles. The molecule has 0 atom stereocenters. The van der Waals surface area contributed by atoms with E-state index in [2.05, 4.69) is 29.2 Å². The lowest BCUT2D eigenvalue weighted by atomic mass is 9.99. The van der Waals surface area contributed by atoms with E-state index in [0.717, 1.165) is 13.0 Å². The zero-order valence-electron chi connectivity index (χ0n) is 19.1. The van der Waals surface area contributed by atoms with Gasteiger partial charge in [-0.1, -0.05) is 54.6 Å². The topological polar surface area (TPSA) is 60.9 Å². The summed E-state index contributed by atoms with van der Waals surface area (Å²) in [5.41, 5.74) is 4.21. The second-order valence-electron chi connectivity index (χ2n) is 8.94. The van der Waals surface area contributed by atoms with Crippen LogP contribution in [0.5, 0.6) is 0 Å². The molecule has 0 radical (unpaired) electrons. The van der Waals surface area contributed by atoms with E-state index in [9.17, 15) is 13.2 Å². The van der Waals surface area contributed by atoms with Crippen LogP contribution in [-0.4, -0.2) is 61.2 Å². The summed E-state index contributed by atoms with van der Waals surface area (Å²) in [7, 11) is -3.58. The lowest BCUT2D eigenvalue weighted by Gasteiger charge is -2.34. The lowest BCUT2D eigenvalue weighted by molar-refractivity contribution is 0.0734. The Morgan fingerprint density at radius 2 is 1.38 bits per heavy atom. The van der Waals surface area contributed by atoms with Crippen LogP contribution in [0.1, 0.15) is 27.0 Å². The van der Waals surface area contributed by atoms with E-state index >= 15 is 0 Å². The van der Waals surface area contributed by atoms with Crippen LogP contribution < -0.4 is 0 Å². The molecule has 1 amide bonds. The number of sulfonamides is 1. The van der Waals surface area contributed by atoms with E-state index in [1.165, 1.54) is 16.7 Å². The molecule has 0 aliphatic carbocycles. The highest BCUT2D eigenvalue weighted by Gasteiger charge is 2.29. The van der Waals surface area contributed by atoms with Crippen molar-refractivity contribution in [2.24, 2.45) is 0 Å². The van der Waals surface area contributed by atoms with Crippen molar-refractivity contribution in [2.75, 3.05) is 32.7 Å². The molecule has 1 saturated heterocycles. The summed E-state index contributed by atoms with van der Waals surface area (Å²) < 4.78 is 27.9. The summed E-state index contributed by atoms with van der Waals surface area (Å²) in [5, 5.41) is 0. The van der Waals surface area contributed by atoms with Gasteiger partial charge in [0.25, 0.3) is 5.91 Å². The Balaban J connectivity index is 1.21. The second-order valence-corrected chi connectivity index (χ2v) is 10.9. The van der Waals surface area contributed by atoms with E-state index in [4.69, 9.17) is 0 Å². The normalized spacial score (nSPS) is 17.4. The number of amides is 1. The zero-order valence-corrected chi connectivity index (χ0v) is 20.0. The Morgan fingerprint density at radius 1 is 0.735 bits per heavy atom. The number of nitrogens with zero attached hydrogens (tertiary/aromatic N) is 3. The zero-order chi connectivity index (χ0) is 23.5. The van der Waals surface area contributed by atoms with Crippen molar-refractivity contribution in [1.82, 2.24) is 14.1 Å². The molecule has 34 heavy (non-hydrogen) atoms. The Hall–Kier alpha value is -3.00. The Kier molecular flexibility index (Phi) is 6.50. The number of carbonyl (C=O) groups is 1. The number of hydrogen-bond donors (Lipinski definition) is 0. The first-order valence-electron chi connectivity index (χ1n) is 11.7. The van der Waals surface area contributed by atoms with E-state index in [0.29, 0.717) is 44.8 Å². The molecule has 0 saturated carbocycles. The summed E-state index contributed by atoms with van der Waals surface area (Å²) in [6.45, 7) is 4.40. The summed E-state index contributed by atoms with van der Waals surface area (Å²) in [6, 6.07) is 24.8. The molecule has 6 nitrogen and oxygen atoms in total. The van der Waals surface area contributed by atoms with Gasteiger partial charge in [-0.25, -0.2) is 8.42 Å². The fraction of sp³-hybridized carbons (Fsp3) is 0.296. The number of fused-ring (bicyclic) bond motifs is 1. The highest BCUT2D eigenvalue weighted by atomic mass is 32.2. The maximum atomic E-state index is 13.2. The average Bonchev–Trinajstić information content (AvgIpc) is 2.89. The first kappa shape index (κ1) is 22.8. The number of piperazine rings is 1. The second kappa shape index (κ2) is 9.70. The fourth-order valence-corrected chi connectivity index (χ4v) is 6.16. The molecule has 7 heteroatoms. The molecule has 1 fully saturated rings. The SMILES string of the molecule is O=C(c1ccc(S(=O)(=O)N2CCN(Cc3ccccc3)CC2)cc1)N1CCc2ccccc2C1. The van der Waals surface area contributed by atoms with Gasteiger partial charge >= 0.3 is 0 Å². The minimum absolute atomic E-state index is 0.0621. The largest absolute Gasteiger partial charge is 0.334 e. The van der Waals surface area contributed by atoms with Gasteiger partial charge in [-0.2, -0.15) is 4.31 Å². The summed E-state index contributed by atoms with van der Waals surface area (Å²) >= 11 is 0. The molecule has 2 aliphatic rings. The number of rotatable bonds is 5. The van der Waals surface area contributed by atoms with Crippen LogP contribution >= 0.6 is 0 Å². The fourth-order valence-electron chi connectivity index (χ4n) is 4.74. The van der Waals surface area contributed by atoms with E-state index in [1.807, 2.05) is 35.2 Å². The summed E-state index contributed by atoms with van der Waals surface area (Å²) in [6.07, 6.45) is 0.838. The molecule has 0 unspecified atom stereocenters. The highest BCUT2D eigenvalue weighted by Crippen LogP contribution is 2.23. The third kappa shape index (κ3) is 4.78. The molecule has 176 valence electrons. The van der Waals surface area contributed by atoms with Gasteiger partial charge in [0.1, 0.15) is 0 Å². The number of carbonyl (C=O) groups excluding carboxylic acids is 1. The highest BCUT2D eigenvalue weighted by molar-refractivity contribution is 7.89. The minimum Gasteiger partial charge on any atom is -0.334 e. The Labute approximate surface area is 201 Å². The monoisotopic (exact) mass is 475 g/mol. The van der Waals surface area contributed by atoms with E-state index in [-0.39, 0.29) is 10.8 Å². The maximum absolute atomic E-state index is 13.2. The quantitative estimate of drug-likeness (QED) is 0.568. The molecular formula is C27H29N3O3S. The molecule has 3 aromatic rings. The molecule has 3 aromatic carbocycles. The van der Waals surface area contributed by atoms with Crippen molar-refractivity contribution >= 4 is 15.9 Å². The van der Waals surface area contributed by atoms with Gasteiger partial charge in [0.2, 0.25) is 10.0 Å². The van der Waals surface area contributed by atoms with Gasteiger partial charge in [-0.3, -0.25) is 9.69 Å². The Morgan fingerprint density at radius 3 is 2.09 bits per heavy atom. The van der Waals surface area contributed by atoms with Gasteiger partial charge in [-0.15, -0.1) is 0 Å². The predicted octanol–water partition coefficient (Wildman–Crippen LogP) is 3.39. The Bertz CT molecular complexity index is 1250. The van der Waals surface area contributed by atoms with Gasteiger partial charge in [-0.05, 0) is 47.4 Å². The van der Waals surface area contributed by atoms with Crippen LogP contribution in [0.25, 0.3) is 0 Å². The van der Waals surface area contributed by atoms with Crippen molar-refractivity contribution in [2.45, 2.75) is 24.4 Å². The maximum Gasteiger partial charge on any atom is 0.254 e. The smallest absolute Gasteiger partial charge is 0.254 e. The molecule has 5 rings (SSSR count). The lowest BCUT2D eigenvalue weighted by Crippen LogP contribution is -2.48. The molecular weight excluding hydrogens is 446 g/mol. The van der Waals surface area contributed by atoms with E-state index < -0.39 is 10.0 Å². The van der Waals surface area contributed by atoms with Gasteiger partial charge < -0.3 is 4.90 Å². The third-order valence-corrected chi connectivity index (χ3v) is 8.65. The van der Waals surface area contributed by atoms with Crippen molar-refractivity contribution in [3.8, 4) is 0 Å². The van der Waals surface area contributed by atoms with Crippen LogP contribution in [0.4, 0.5) is 0 Å². The van der Waals surface area contributed by atoms with Gasteiger partial charge in [0.15, 0.2) is 0 Å².